The second kappa shape index (κ2) is 7.07. The summed E-state index contributed by atoms with van der Waals surface area (Å²) in [5.74, 6) is 0.571. The molecule has 3 rings (SSSR count). The van der Waals surface area contributed by atoms with Crippen LogP contribution in [0.2, 0.25) is 5.02 Å². The molecule has 0 aliphatic carbocycles. The zero-order chi connectivity index (χ0) is 16.1. The second-order valence-electron chi connectivity index (χ2n) is 5.18. The third-order valence-corrected chi connectivity index (χ3v) is 3.52. The lowest BCUT2D eigenvalue weighted by molar-refractivity contribution is 1.15. The van der Waals surface area contributed by atoms with Crippen molar-refractivity contribution in [1.29, 1.82) is 0 Å². The van der Waals surface area contributed by atoms with Crippen molar-refractivity contribution in [3.8, 4) is 0 Å². The van der Waals surface area contributed by atoms with Gasteiger partial charge in [-0.15, -0.1) is 0 Å². The first-order valence-electron chi connectivity index (χ1n) is 7.29. The molecule has 0 spiro atoms. The normalized spacial score (nSPS) is 10.9. The minimum absolute atomic E-state index is 0.571. The summed E-state index contributed by atoms with van der Waals surface area (Å²) in [6.45, 7) is 2.06. The SMILES string of the molecule is Cc1ccc(Nc2nccc(/C=C/c3cccc(Cl)c3)n2)cc1. The number of nitrogens with zero attached hydrogens (tertiary/aromatic N) is 2. The lowest BCUT2D eigenvalue weighted by atomic mass is 10.2. The monoisotopic (exact) mass is 321 g/mol. The van der Waals surface area contributed by atoms with E-state index in [-0.39, 0.29) is 0 Å². The fourth-order valence-electron chi connectivity index (χ4n) is 2.08. The molecule has 114 valence electrons. The molecule has 1 heterocycles. The van der Waals surface area contributed by atoms with Crippen LogP contribution in [0, 0.1) is 6.92 Å². The quantitative estimate of drug-likeness (QED) is 0.703. The highest BCUT2D eigenvalue weighted by Crippen LogP contribution is 2.15. The molecule has 1 aromatic heterocycles. The number of rotatable bonds is 4. The Kier molecular flexibility index (Phi) is 4.69. The molecule has 0 fully saturated rings. The smallest absolute Gasteiger partial charge is 0.227 e. The number of hydrogen-bond acceptors (Lipinski definition) is 3. The van der Waals surface area contributed by atoms with E-state index in [0.29, 0.717) is 5.95 Å². The van der Waals surface area contributed by atoms with E-state index in [1.54, 1.807) is 6.20 Å². The van der Waals surface area contributed by atoms with Crippen molar-refractivity contribution >= 4 is 35.4 Å². The first-order chi connectivity index (χ1) is 11.2. The van der Waals surface area contributed by atoms with E-state index in [0.717, 1.165) is 22.0 Å². The first kappa shape index (κ1) is 15.3. The van der Waals surface area contributed by atoms with Gasteiger partial charge in [0.05, 0.1) is 5.69 Å². The molecule has 0 aliphatic rings. The Balaban J connectivity index is 1.75. The second-order valence-corrected chi connectivity index (χ2v) is 5.62. The molecular formula is C19H16ClN3. The van der Waals surface area contributed by atoms with Gasteiger partial charge in [-0.1, -0.05) is 47.5 Å². The number of nitrogens with one attached hydrogen (secondary N) is 1. The molecule has 0 saturated carbocycles. The van der Waals surface area contributed by atoms with Gasteiger partial charge in [0.1, 0.15) is 0 Å². The molecule has 0 unspecified atom stereocenters. The third kappa shape index (κ3) is 4.41. The lowest BCUT2D eigenvalue weighted by Crippen LogP contribution is -1.97. The van der Waals surface area contributed by atoms with Gasteiger partial charge in [0, 0.05) is 16.9 Å². The van der Waals surface area contributed by atoms with Crippen molar-refractivity contribution in [2.24, 2.45) is 0 Å². The number of benzene rings is 2. The summed E-state index contributed by atoms with van der Waals surface area (Å²) in [5.41, 5.74) is 4.04. The topological polar surface area (TPSA) is 37.8 Å². The molecule has 2 aromatic carbocycles. The minimum atomic E-state index is 0.571. The Hall–Kier alpha value is -2.65. The Bertz CT molecular complexity index is 826. The maximum absolute atomic E-state index is 5.98. The Labute approximate surface area is 140 Å². The molecule has 0 amide bonds. The summed E-state index contributed by atoms with van der Waals surface area (Å²) in [7, 11) is 0. The van der Waals surface area contributed by atoms with E-state index in [2.05, 4.69) is 22.2 Å². The fourth-order valence-corrected chi connectivity index (χ4v) is 2.28. The Morgan fingerprint density at radius 2 is 1.83 bits per heavy atom. The summed E-state index contributed by atoms with van der Waals surface area (Å²) >= 11 is 5.98. The predicted molar refractivity (Wildman–Crippen MR) is 96.9 cm³/mol. The molecule has 0 radical (unpaired) electrons. The van der Waals surface area contributed by atoms with Crippen molar-refractivity contribution < 1.29 is 0 Å². The van der Waals surface area contributed by atoms with E-state index in [9.17, 15) is 0 Å². The van der Waals surface area contributed by atoms with Crippen molar-refractivity contribution in [2.75, 3.05) is 5.32 Å². The van der Waals surface area contributed by atoms with Crippen molar-refractivity contribution in [1.82, 2.24) is 9.97 Å². The summed E-state index contributed by atoms with van der Waals surface area (Å²) in [6, 6.07) is 17.7. The van der Waals surface area contributed by atoms with Gasteiger partial charge in [-0.05, 0) is 48.9 Å². The number of halogens is 1. The highest BCUT2D eigenvalue weighted by Gasteiger charge is 1.98. The van der Waals surface area contributed by atoms with Gasteiger partial charge >= 0.3 is 0 Å². The highest BCUT2D eigenvalue weighted by atomic mass is 35.5. The first-order valence-corrected chi connectivity index (χ1v) is 7.67. The number of aryl methyl sites for hydroxylation is 1. The van der Waals surface area contributed by atoms with E-state index in [1.165, 1.54) is 5.56 Å². The molecule has 3 nitrogen and oxygen atoms in total. The molecule has 0 saturated heterocycles. The number of aromatic nitrogens is 2. The van der Waals surface area contributed by atoms with Crippen LogP contribution in [0.15, 0.2) is 60.8 Å². The number of anilines is 2. The average Bonchev–Trinajstić information content (AvgIpc) is 2.56. The van der Waals surface area contributed by atoms with Crippen LogP contribution in [-0.2, 0) is 0 Å². The lowest BCUT2D eigenvalue weighted by Gasteiger charge is -2.05. The van der Waals surface area contributed by atoms with E-state index in [4.69, 9.17) is 11.6 Å². The van der Waals surface area contributed by atoms with E-state index in [1.807, 2.05) is 66.7 Å². The van der Waals surface area contributed by atoms with Gasteiger partial charge in [-0.3, -0.25) is 0 Å². The Morgan fingerprint density at radius 1 is 1.00 bits per heavy atom. The fraction of sp³-hybridized carbons (Fsp3) is 0.0526. The maximum Gasteiger partial charge on any atom is 0.227 e. The largest absolute Gasteiger partial charge is 0.324 e. The standard InChI is InChI=1S/C19H16ClN3/c1-14-5-8-17(9-6-14)22-19-21-12-11-18(23-19)10-7-15-3-2-4-16(20)13-15/h2-13H,1H3,(H,21,22,23)/b10-7+. The summed E-state index contributed by atoms with van der Waals surface area (Å²) in [6.07, 6.45) is 5.65. The van der Waals surface area contributed by atoms with Crippen LogP contribution in [0.25, 0.3) is 12.2 Å². The molecule has 0 bridgehead atoms. The van der Waals surface area contributed by atoms with Crippen LogP contribution in [-0.4, -0.2) is 9.97 Å². The van der Waals surface area contributed by atoms with Gasteiger partial charge in [-0.25, -0.2) is 9.97 Å². The van der Waals surface area contributed by atoms with Crippen LogP contribution in [0.3, 0.4) is 0 Å². The summed E-state index contributed by atoms with van der Waals surface area (Å²) < 4.78 is 0. The van der Waals surface area contributed by atoms with Crippen LogP contribution >= 0.6 is 11.6 Å². The van der Waals surface area contributed by atoms with Crippen LogP contribution < -0.4 is 5.32 Å². The molecule has 0 aliphatic heterocycles. The highest BCUT2D eigenvalue weighted by molar-refractivity contribution is 6.30. The molecule has 4 heteroatoms. The predicted octanol–water partition coefficient (Wildman–Crippen LogP) is 5.35. The van der Waals surface area contributed by atoms with Crippen LogP contribution in [0.5, 0.6) is 0 Å². The third-order valence-electron chi connectivity index (χ3n) is 3.28. The molecule has 3 aromatic rings. The van der Waals surface area contributed by atoms with Gasteiger partial charge < -0.3 is 5.32 Å². The summed E-state index contributed by atoms with van der Waals surface area (Å²) in [4.78, 5) is 8.73. The molecular weight excluding hydrogens is 306 g/mol. The van der Waals surface area contributed by atoms with Crippen molar-refractivity contribution in [3.63, 3.8) is 0 Å². The van der Waals surface area contributed by atoms with E-state index < -0.39 is 0 Å². The molecule has 0 atom stereocenters. The van der Waals surface area contributed by atoms with Crippen LogP contribution in [0.4, 0.5) is 11.6 Å². The van der Waals surface area contributed by atoms with Crippen molar-refractivity contribution in [2.45, 2.75) is 6.92 Å². The van der Waals surface area contributed by atoms with Crippen molar-refractivity contribution in [3.05, 3.63) is 82.6 Å². The number of hydrogen-bond donors (Lipinski definition) is 1. The van der Waals surface area contributed by atoms with E-state index >= 15 is 0 Å². The Morgan fingerprint density at radius 3 is 2.61 bits per heavy atom. The molecule has 23 heavy (non-hydrogen) atoms. The van der Waals surface area contributed by atoms with Gasteiger partial charge in [0.15, 0.2) is 0 Å². The van der Waals surface area contributed by atoms with Crippen LogP contribution in [0.1, 0.15) is 16.8 Å². The zero-order valence-electron chi connectivity index (χ0n) is 12.7. The maximum atomic E-state index is 5.98. The average molecular weight is 322 g/mol. The zero-order valence-corrected chi connectivity index (χ0v) is 13.5. The minimum Gasteiger partial charge on any atom is -0.324 e. The van der Waals surface area contributed by atoms with Gasteiger partial charge in [-0.2, -0.15) is 0 Å². The van der Waals surface area contributed by atoms with Gasteiger partial charge in [0.25, 0.3) is 0 Å². The molecule has 1 N–H and O–H groups in total. The summed E-state index contributed by atoms with van der Waals surface area (Å²) in [5, 5.41) is 3.92. The van der Waals surface area contributed by atoms with Gasteiger partial charge in [0.2, 0.25) is 5.95 Å².